The van der Waals surface area contributed by atoms with Gasteiger partial charge in [0.05, 0.1) is 8.99 Å². The summed E-state index contributed by atoms with van der Waals surface area (Å²) >= 11 is 15.1. The largest absolute Gasteiger partial charge is 0.118 e. The normalized spacial score (nSPS) is 25.7. The van der Waals surface area contributed by atoms with Crippen molar-refractivity contribution in [1.82, 2.24) is 0 Å². The molecule has 2 aromatic carbocycles. The van der Waals surface area contributed by atoms with Crippen molar-refractivity contribution in [2.45, 2.75) is 64.4 Å². The Morgan fingerprint density at radius 2 is 0.862 bits per heavy atom. The number of benzene rings is 2. The van der Waals surface area contributed by atoms with Crippen LogP contribution >= 0.6 is 23.2 Å². The minimum Gasteiger partial charge on any atom is -0.114 e. The van der Waals surface area contributed by atoms with Crippen molar-refractivity contribution >= 4 is 43.9 Å². The summed E-state index contributed by atoms with van der Waals surface area (Å²) in [7, 11) is 0.313. The maximum absolute atomic E-state index is 7.54. The summed E-state index contributed by atoms with van der Waals surface area (Å²) in [6.45, 7) is 17.4. The fourth-order valence-electron chi connectivity index (χ4n) is 4.71. The van der Waals surface area contributed by atoms with Crippen molar-refractivity contribution in [3.8, 4) is 0 Å². The number of hydrogen-bond acceptors (Lipinski definition) is 0. The van der Waals surface area contributed by atoms with Crippen LogP contribution in [0.1, 0.15) is 72.2 Å². The molecule has 0 amide bonds. The van der Waals surface area contributed by atoms with Gasteiger partial charge in [0.1, 0.15) is 9.52 Å². The monoisotopic (exact) mass is 438 g/mol. The van der Waals surface area contributed by atoms with Gasteiger partial charge in [0.2, 0.25) is 0 Å². The standard InChI is InChI=1S/C26H28Cl2Si/c1-13-9-21-17(5)19(7)25(27,23(21)11-15(13)3)29-26(28)20(8)18(6)22-10-14(2)16(4)12-24(22)26/h9-12H,1-8H3. The molecule has 0 fully saturated rings. The topological polar surface area (TPSA) is 0 Å². The number of alkyl halides is 2. The molecule has 2 aliphatic carbocycles. The van der Waals surface area contributed by atoms with E-state index in [1.54, 1.807) is 0 Å². The zero-order valence-electron chi connectivity index (χ0n) is 18.6. The fraction of sp³-hybridized carbons (Fsp3) is 0.385. The summed E-state index contributed by atoms with van der Waals surface area (Å²) in [5.41, 5.74) is 15.3. The summed E-state index contributed by atoms with van der Waals surface area (Å²) in [6, 6.07) is 9.16. The lowest BCUT2D eigenvalue weighted by Gasteiger charge is -2.35. The number of halogens is 2. The number of hydrogen-bond donors (Lipinski definition) is 0. The molecule has 150 valence electrons. The second kappa shape index (κ2) is 6.61. The molecule has 4 rings (SSSR count). The van der Waals surface area contributed by atoms with Crippen LogP contribution in [0.15, 0.2) is 35.4 Å². The van der Waals surface area contributed by atoms with Gasteiger partial charge in [-0.2, -0.15) is 0 Å². The van der Waals surface area contributed by atoms with Crippen LogP contribution in [0.4, 0.5) is 0 Å². The zero-order valence-corrected chi connectivity index (χ0v) is 21.1. The molecule has 0 aliphatic heterocycles. The lowest BCUT2D eigenvalue weighted by molar-refractivity contribution is 0.921. The van der Waals surface area contributed by atoms with Crippen LogP contribution < -0.4 is 0 Å². The molecule has 29 heavy (non-hydrogen) atoms. The highest BCUT2D eigenvalue weighted by molar-refractivity contribution is 6.70. The Morgan fingerprint density at radius 3 is 1.21 bits per heavy atom. The van der Waals surface area contributed by atoms with Crippen LogP contribution in [0, 0.1) is 27.7 Å². The molecular weight excluding hydrogens is 411 g/mol. The molecule has 3 heteroatoms. The van der Waals surface area contributed by atoms with E-state index in [2.05, 4.69) is 79.7 Å². The van der Waals surface area contributed by atoms with Crippen LogP contribution in [0.25, 0.3) is 11.1 Å². The molecule has 0 nitrogen and oxygen atoms in total. The van der Waals surface area contributed by atoms with Gasteiger partial charge < -0.3 is 0 Å². The summed E-state index contributed by atoms with van der Waals surface area (Å²) in [4.78, 5) is 0. The van der Waals surface area contributed by atoms with E-state index in [4.69, 9.17) is 23.2 Å². The predicted octanol–water partition coefficient (Wildman–Crippen LogP) is 7.72. The SMILES string of the molecule is CC1=C(C)C(Cl)([Si]C2(Cl)C(C)=C(C)c3cc(C)c(C)cc32)c2cc(C)c(C)cc21. The van der Waals surface area contributed by atoms with Crippen molar-refractivity contribution in [1.29, 1.82) is 0 Å². The zero-order chi connectivity index (χ0) is 21.5. The number of allylic oxidation sites excluding steroid dienone is 4. The van der Waals surface area contributed by atoms with Crippen molar-refractivity contribution in [3.63, 3.8) is 0 Å². The predicted molar refractivity (Wildman–Crippen MR) is 129 cm³/mol. The number of aryl methyl sites for hydroxylation is 4. The van der Waals surface area contributed by atoms with E-state index in [-0.39, 0.29) is 0 Å². The Kier molecular flexibility index (Phi) is 4.78. The number of fused-ring (bicyclic) bond motifs is 2. The molecule has 0 aromatic heterocycles. The van der Waals surface area contributed by atoms with Gasteiger partial charge in [0, 0.05) is 0 Å². The average molecular weight is 440 g/mol. The van der Waals surface area contributed by atoms with E-state index in [0.717, 1.165) is 0 Å². The van der Waals surface area contributed by atoms with E-state index >= 15 is 0 Å². The van der Waals surface area contributed by atoms with Gasteiger partial charge in [0.15, 0.2) is 0 Å². The summed E-state index contributed by atoms with van der Waals surface area (Å²) in [5, 5.41) is 0. The molecule has 0 saturated carbocycles. The quantitative estimate of drug-likeness (QED) is 0.332. The van der Waals surface area contributed by atoms with Gasteiger partial charge in [-0.15, -0.1) is 23.2 Å². The summed E-state index contributed by atoms with van der Waals surface area (Å²) < 4.78 is -1.14. The van der Waals surface area contributed by atoms with Gasteiger partial charge in [-0.25, -0.2) is 0 Å². The molecule has 0 spiro atoms. The molecule has 2 atom stereocenters. The molecule has 0 bridgehead atoms. The maximum Gasteiger partial charge on any atom is 0.118 e. The van der Waals surface area contributed by atoms with E-state index in [0.29, 0.717) is 9.52 Å². The summed E-state index contributed by atoms with van der Waals surface area (Å²) in [6.07, 6.45) is 0. The maximum atomic E-state index is 7.54. The summed E-state index contributed by atoms with van der Waals surface area (Å²) in [5.74, 6) is 0. The average Bonchev–Trinajstić information content (AvgIpc) is 2.94. The molecule has 0 saturated heterocycles. The third-order valence-electron chi connectivity index (χ3n) is 7.32. The van der Waals surface area contributed by atoms with Crippen molar-refractivity contribution in [2.24, 2.45) is 0 Å². The fourth-order valence-corrected chi connectivity index (χ4v) is 8.21. The third kappa shape index (κ3) is 2.77. The van der Waals surface area contributed by atoms with Gasteiger partial charge in [-0.1, -0.05) is 24.3 Å². The van der Waals surface area contributed by atoms with Crippen LogP contribution in [-0.2, 0) is 8.99 Å². The molecule has 2 aliphatic rings. The first-order valence-corrected chi connectivity index (χ1v) is 11.9. The van der Waals surface area contributed by atoms with Crippen LogP contribution in [0.5, 0.6) is 0 Å². The van der Waals surface area contributed by atoms with Crippen molar-refractivity contribution < 1.29 is 0 Å². The van der Waals surface area contributed by atoms with Crippen LogP contribution in [0.3, 0.4) is 0 Å². The Hall–Kier alpha value is -1.28. The first-order valence-electron chi connectivity index (χ1n) is 10.2. The van der Waals surface area contributed by atoms with Crippen LogP contribution in [0.2, 0.25) is 0 Å². The van der Waals surface area contributed by atoms with E-state index in [1.807, 2.05) is 0 Å². The highest BCUT2D eigenvalue weighted by Crippen LogP contribution is 2.56. The minimum atomic E-state index is -0.568. The van der Waals surface area contributed by atoms with Gasteiger partial charge >= 0.3 is 0 Å². The van der Waals surface area contributed by atoms with Gasteiger partial charge in [-0.05, 0) is 122 Å². The Bertz CT molecular complexity index is 1050. The van der Waals surface area contributed by atoms with Crippen molar-refractivity contribution in [2.75, 3.05) is 0 Å². The molecular formula is C26H28Cl2Si. The molecule has 0 heterocycles. The second-order valence-corrected chi connectivity index (χ2v) is 12.4. The lowest BCUT2D eigenvalue weighted by Crippen LogP contribution is -2.40. The first kappa shape index (κ1) is 21.0. The highest BCUT2D eigenvalue weighted by Gasteiger charge is 2.51. The Balaban J connectivity index is 1.92. The molecule has 2 unspecified atom stereocenters. The van der Waals surface area contributed by atoms with E-state index in [1.165, 1.54) is 66.8 Å². The minimum absolute atomic E-state index is 0.313. The Morgan fingerprint density at radius 1 is 0.552 bits per heavy atom. The van der Waals surface area contributed by atoms with Gasteiger partial charge in [-0.3, -0.25) is 0 Å². The molecule has 2 radical (unpaired) electrons. The second-order valence-electron chi connectivity index (χ2n) is 8.91. The first-order chi connectivity index (χ1) is 13.4. The molecule has 2 aromatic rings. The van der Waals surface area contributed by atoms with E-state index in [9.17, 15) is 0 Å². The van der Waals surface area contributed by atoms with Gasteiger partial charge in [0.25, 0.3) is 0 Å². The lowest BCUT2D eigenvalue weighted by atomic mass is 9.99. The third-order valence-corrected chi connectivity index (χ3v) is 10.8. The highest BCUT2D eigenvalue weighted by atomic mass is 35.5. The molecule has 0 N–H and O–H groups in total. The van der Waals surface area contributed by atoms with Crippen molar-refractivity contribution in [3.05, 3.63) is 79.9 Å². The number of rotatable bonds is 2. The van der Waals surface area contributed by atoms with E-state index < -0.39 is 8.99 Å². The Labute approximate surface area is 187 Å². The smallest absolute Gasteiger partial charge is 0.114 e. The van der Waals surface area contributed by atoms with Crippen LogP contribution in [-0.4, -0.2) is 9.52 Å².